The number of amides is 1. The fourth-order valence-corrected chi connectivity index (χ4v) is 4.29. The van der Waals surface area contributed by atoms with Crippen LogP contribution in [0.5, 0.6) is 5.75 Å². The van der Waals surface area contributed by atoms with Gasteiger partial charge in [-0.3, -0.25) is 14.7 Å². The quantitative estimate of drug-likeness (QED) is 0.500. The highest BCUT2D eigenvalue weighted by Crippen LogP contribution is 2.26. The Hall–Kier alpha value is -2.28. The Morgan fingerprint density at radius 3 is 2.37 bits per heavy atom. The molecule has 7 heteroatoms. The molecule has 1 amide bonds. The molecule has 1 aromatic rings. The number of methoxy groups -OCH3 is 1. The van der Waals surface area contributed by atoms with Crippen molar-refractivity contribution in [1.29, 1.82) is 0 Å². The van der Waals surface area contributed by atoms with Crippen LogP contribution in [0.2, 0.25) is 0 Å². The maximum atomic E-state index is 12.5. The minimum absolute atomic E-state index is 0.297. The Morgan fingerprint density at radius 2 is 1.73 bits per heavy atom. The lowest BCUT2D eigenvalue weighted by Gasteiger charge is -2.36. The summed E-state index contributed by atoms with van der Waals surface area (Å²) in [5.41, 5.74) is 1.27. The average Bonchev–Trinajstić information content (AvgIpc) is 3.33. The Balaban J connectivity index is 1.28. The molecule has 1 heterocycles. The Bertz CT molecular complexity index is 677. The number of hydrogen-bond donors (Lipinski definition) is 2. The second kappa shape index (κ2) is 11.8. The number of hydrogen-bond acceptors (Lipinski definition) is 4. The summed E-state index contributed by atoms with van der Waals surface area (Å²) in [7, 11) is 3.48. The predicted molar refractivity (Wildman–Crippen MR) is 121 cm³/mol. The van der Waals surface area contributed by atoms with Gasteiger partial charge in [-0.25, -0.2) is 0 Å². The molecule has 0 spiro atoms. The van der Waals surface area contributed by atoms with Crippen LogP contribution >= 0.6 is 0 Å². The van der Waals surface area contributed by atoms with Gasteiger partial charge in [-0.15, -0.1) is 0 Å². The van der Waals surface area contributed by atoms with E-state index in [4.69, 9.17) is 4.74 Å². The molecule has 1 saturated carbocycles. The number of piperazine rings is 1. The van der Waals surface area contributed by atoms with Gasteiger partial charge in [0.05, 0.1) is 7.11 Å². The third kappa shape index (κ3) is 6.62. The van der Waals surface area contributed by atoms with E-state index >= 15 is 0 Å². The normalized spacial score (nSPS) is 18.5. The first kappa shape index (κ1) is 22.4. The van der Waals surface area contributed by atoms with Gasteiger partial charge in [0.25, 0.3) is 0 Å². The predicted octanol–water partition coefficient (Wildman–Crippen LogP) is 1.74. The maximum absolute atomic E-state index is 12.5. The summed E-state index contributed by atoms with van der Waals surface area (Å²) in [4.78, 5) is 21.4. The number of carbonyl (C=O) groups is 1. The highest BCUT2D eigenvalue weighted by molar-refractivity contribution is 5.79. The van der Waals surface area contributed by atoms with E-state index in [0.717, 1.165) is 76.8 Å². The monoisotopic (exact) mass is 415 g/mol. The van der Waals surface area contributed by atoms with Crippen molar-refractivity contribution in [1.82, 2.24) is 20.4 Å². The van der Waals surface area contributed by atoms with Crippen molar-refractivity contribution in [3.8, 4) is 5.75 Å². The van der Waals surface area contributed by atoms with Crippen LogP contribution in [0, 0.1) is 5.92 Å². The van der Waals surface area contributed by atoms with E-state index in [0.29, 0.717) is 11.8 Å². The molecule has 0 radical (unpaired) electrons. The van der Waals surface area contributed by atoms with Crippen LogP contribution in [0.1, 0.15) is 31.2 Å². The summed E-state index contributed by atoms with van der Waals surface area (Å²) in [5.74, 6) is 2.41. The Kier molecular flexibility index (Phi) is 8.81. The first-order chi connectivity index (χ1) is 14.7. The van der Waals surface area contributed by atoms with Gasteiger partial charge >= 0.3 is 0 Å². The number of rotatable bonds is 8. The van der Waals surface area contributed by atoms with Gasteiger partial charge < -0.3 is 20.3 Å². The molecule has 2 N–H and O–H groups in total. The molecule has 166 valence electrons. The Labute approximate surface area is 180 Å². The topological polar surface area (TPSA) is 69.2 Å². The van der Waals surface area contributed by atoms with Crippen molar-refractivity contribution in [2.45, 2.75) is 32.1 Å². The van der Waals surface area contributed by atoms with E-state index in [1.807, 2.05) is 12.1 Å². The van der Waals surface area contributed by atoms with E-state index in [-0.39, 0.29) is 0 Å². The molecule has 0 aromatic heterocycles. The standard InChI is InChI=1S/C23H37N5O2/c1-24-23(25-12-11-19-7-9-21(30-2)10-8-19)26-13-14-27-15-17-28(18-16-27)22(29)20-5-3-4-6-20/h7-10,20H,3-6,11-18H2,1-2H3,(H2,24,25,26). The molecule has 1 saturated heterocycles. The van der Waals surface area contributed by atoms with E-state index < -0.39 is 0 Å². The fourth-order valence-electron chi connectivity index (χ4n) is 4.29. The van der Waals surface area contributed by atoms with E-state index in [1.54, 1.807) is 14.2 Å². The number of aliphatic imine (C=N–C) groups is 1. The van der Waals surface area contributed by atoms with Gasteiger partial charge in [0.1, 0.15) is 5.75 Å². The second-order valence-electron chi connectivity index (χ2n) is 8.17. The van der Waals surface area contributed by atoms with Gasteiger partial charge in [0, 0.05) is 58.8 Å². The number of carbonyl (C=O) groups excluding carboxylic acids is 1. The first-order valence-electron chi connectivity index (χ1n) is 11.3. The van der Waals surface area contributed by atoms with Gasteiger partial charge in [-0.2, -0.15) is 0 Å². The molecule has 3 rings (SSSR count). The van der Waals surface area contributed by atoms with E-state index in [2.05, 4.69) is 37.6 Å². The zero-order valence-corrected chi connectivity index (χ0v) is 18.5. The molecule has 1 aliphatic heterocycles. The third-order valence-electron chi connectivity index (χ3n) is 6.20. The minimum atomic E-state index is 0.297. The number of nitrogens with one attached hydrogen (secondary N) is 2. The van der Waals surface area contributed by atoms with E-state index in [9.17, 15) is 4.79 Å². The molecular weight excluding hydrogens is 378 g/mol. The Morgan fingerprint density at radius 1 is 1.07 bits per heavy atom. The van der Waals surface area contributed by atoms with Gasteiger partial charge in [0.2, 0.25) is 5.91 Å². The van der Waals surface area contributed by atoms with Crippen LogP contribution in [0.15, 0.2) is 29.3 Å². The molecular formula is C23H37N5O2. The number of guanidine groups is 1. The summed E-state index contributed by atoms with van der Waals surface area (Å²) in [5, 5.41) is 6.77. The lowest BCUT2D eigenvalue weighted by atomic mass is 10.1. The summed E-state index contributed by atoms with van der Waals surface area (Å²) in [6.45, 7) is 6.29. The van der Waals surface area contributed by atoms with Gasteiger partial charge in [0.15, 0.2) is 5.96 Å². The van der Waals surface area contributed by atoms with Crippen molar-refractivity contribution in [3.05, 3.63) is 29.8 Å². The molecule has 1 aliphatic carbocycles. The van der Waals surface area contributed by atoms with Crippen molar-refractivity contribution in [3.63, 3.8) is 0 Å². The highest BCUT2D eigenvalue weighted by atomic mass is 16.5. The van der Waals surface area contributed by atoms with Crippen LogP contribution in [0.3, 0.4) is 0 Å². The summed E-state index contributed by atoms with van der Waals surface area (Å²) in [6, 6.07) is 8.16. The molecule has 2 fully saturated rings. The third-order valence-corrected chi connectivity index (χ3v) is 6.20. The van der Waals surface area contributed by atoms with Crippen molar-refractivity contribution in [2.24, 2.45) is 10.9 Å². The number of nitrogens with zero attached hydrogens (tertiary/aromatic N) is 3. The molecule has 0 atom stereocenters. The van der Waals surface area contributed by atoms with E-state index in [1.165, 1.54) is 18.4 Å². The largest absolute Gasteiger partial charge is 0.497 e. The van der Waals surface area contributed by atoms with Crippen LogP contribution in [-0.2, 0) is 11.2 Å². The second-order valence-corrected chi connectivity index (χ2v) is 8.17. The molecule has 1 aromatic carbocycles. The average molecular weight is 416 g/mol. The molecule has 30 heavy (non-hydrogen) atoms. The van der Waals surface area contributed by atoms with Crippen LogP contribution in [0.25, 0.3) is 0 Å². The molecule has 2 aliphatic rings. The zero-order valence-electron chi connectivity index (χ0n) is 18.5. The summed E-state index contributed by atoms with van der Waals surface area (Å²) in [6.07, 6.45) is 5.55. The number of ether oxygens (including phenoxy) is 1. The van der Waals surface area contributed by atoms with Crippen LogP contribution in [0.4, 0.5) is 0 Å². The van der Waals surface area contributed by atoms with Crippen molar-refractivity contribution < 1.29 is 9.53 Å². The molecule has 0 unspecified atom stereocenters. The van der Waals surface area contributed by atoms with Gasteiger partial charge in [-0.05, 0) is 37.0 Å². The molecule has 7 nitrogen and oxygen atoms in total. The fraction of sp³-hybridized carbons (Fsp3) is 0.652. The van der Waals surface area contributed by atoms with Gasteiger partial charge in [-0.1, -0.05) is 25.0 Å². The zero-order chi connectivity index (χ0) is 21.2. The number of benzene rings is 1. The van der Waals surface area contributed by atoms with Crippen LogP contribution < -0.4 is 15.4 Å². The lowest BCUT2D eigenvalue weighted by molar-refractivity contribution is -0.137. The SMILES string of the molecule is CN=C(NCCc1ccc(OC)cc1)NCCN1CCN(C(=O)C2CCCC2)CC1. The highest BCUT2D eigenvalue weighted by Gasteiger charge is 2.29. The summed E-state index contributed by atoms with van der Waals surface area (Å²) < 4.78 is 5.20. The molecule has 0 bridgehead atoms. The van der Waals surface area contributed by atoms with Crippen molar-refractivity contribution in [2.75, 3.05) is 60.0 Å². The lowest BCUT2D eigenvalue weighted by Crippen LogP contribution is -2.52. The summed E-state index contributed by atoms with van der Waals surface area (Å²) >= 11 is 0. The van der Waals surface area contributed by atoms with Crippen molar-refractivity contribution >= 4 is 11.9 Å². The smallest absolute Gasteiger partial charge is 0.225 e. The van der Waals surface area contributed by atoms with Crippen LogP contribution in [-0.4, -0.2) is 81.6 Å². The maximum Gasteiger partial charge on any atom is 0.225 e. The minimum Gasteiger partial charge on any atom is -0.497 e. The first-order valence-corrected chi connectivity index (χ1v) is 11.3.